The SMILES string of the molecule is Cc1ccsc1C=Nc1ccc(N=Nc2ccccc2)cc1. The zero-order chi connectivity index (χ0) is 15.2. The van der Waals surface area contributed by atoms with Gasteiger partial charge in [-0.1, -0.05) is 18.2 Å². The van der Waals surface area contributed by atoms with Crippen LogP contribution in [0.1, 0.15) is 10.4 Å². The van der Waals surface area contributed by atoms with Gasteiger partial charge in [-0.3, -0.25) is 4.99 Å². The normalized spacial score (nSPS) is 11.5. The Morgan fingerprint density at radius 3 is 2.05 bits per heavy atom. The predicted molar refractivity (Wildman–Crippen MR) is 93.4 cm³/mol. The first-order chi connectivity index (χ1) is 10.8. The van der Waals surface area contributed by atoms with Crippen molar-refractivity contribution in [3.05, 3.63) is 76.5 Å². The van der Waals surface area contributed by atoms with E-state index in [1.54, 1.807) is 11.3 Å². The number of azo groups is 1. The fraction of sp³-hybridized carbons (Fsp3) is 0.0556. The van der Waals surface area contributed by atoms with Crippen molar-refractivity contribution < 1.29 is 0 Å². The van der Waals surface area contributed by atoms with Gasteiger partial charge in [0.1, 0.15) is 0 Å². The summed E-state index contributed by atoms with van der Waals surface area (Å²) in [5, 5.41) is 10.5. The fourth-order valence-corrected chi connectivity index (χ4v) is 2.65. The first-order valence-electron chi connectivity index (χ1n) is 6.96. The van der Waals surface area contributed by atoms with E-state index in [2.05, 4.69) is 33.6 Å². The fourth-order valence-electron chi connectivity index (χ4n) is 1.87. The van der Waals surface area contributed by atoms with Gasteiger partial charge < -0.3 is 0 Å². The summed E-state index contributed by atoms with van der Waals surface area (Å²) in [6.07, 6.45) is 1.90. The summed E-state index contributed by atoms with van der Waals surface area (Å²) in [6.45, 7) is 2.09. The molecule has 3 nitrogen and oxygen atoms in total. The third kappa shape index (κ3) is 3.74. The van der Waals surface area contributed by atoms with Crippen LogP contribution in [0.4, 0.5) is 17.1 Å². The second-order valence-corrected chi connectivity index (χ2v) is 5.73. The Morgan fingerprint density at radius 2 is 1.41 bits per heavy atom. The molecular formula is C18H15N3S. The maximum Gasteiger partial charge on any atom is 0.0858 e. The predicted octanol–water partition coefficient (Wildman–Crippen LogP) is 6.22. The number of thiophene rings is 1. The van der Waals surface area contributed by atoms with Gasteiger partial charge in [-0.25, -0.2) is 0 Å². The van der Waals surface area contributed by atoms with Crippen molar-refractivity contribution in [1.82, 2.24) is 0 Å². The largest absolute Gasteiger partial charge is 0.255 e. The van der Waals surface area contributed by atoms with E-state index in [-0.39, 0.29) is 0 Å². The molecule has 4 heteroatoms. The topological polar surface area (TPSA) is 37.1 Å². The highest BCUT2D eigenvalue weighted by Crippen LogP contribution is 2.22. The lowest BCUT2D eigenvalue weighted by Crippen LogP contribution is -1.76. The molecule has 108 valence electrons. The molecule has 0 N–H and O–H groups in total. The van der Waals surface area contributed by atoms with Crippen molar-refractivity contribution in [2.45, 2.75) is 6.92 Å². The van der Waals surface area contributed by atoms with Crippen molar-refractivity contribution in [2.24, 2.45) is 15.2 Å². The molecule has 0 unspecified atom stereocenters. The average Bonchev–Trinajstić information content (AvgIpc) is 2.98. The molecule has 22 heavy (non-hydrogen) atoms. The second-order valence-electron chi connectivity index (χ2n) is 4.78. The van der Waals surface area contributed by atoms with Gasteiger partial charge in [-0.05, 0) is 60.3 Å². The van der Waals surface area contributed by atoms with E-state index in [1.807, 2.05) is 60.8 Å². The molecule has 0 fully saturated rings. The van der Waals surface area contributed by atoms with Gasteiger partial charge in [0.15, 0.2) is 0 Å². The van der Waals surface area contributed by atoms with Crippen molar-refractivity contribution in [3.8, 4) is 0 Å². The highest BCUT2D eigenvalue weighted by Gasteiger charge is 1.96. The van der Waals surface area contributed by atoms with Crippen LogP contribution in [-0.2, 0) is 0 Å². The van der Waals surface area contributed by atoms with Gasteiger partial charge >= 0.3 is 0 Å². The Balaban J connectivity index is 1.69. The van der Waals surface area contributed by atoms with Crippen molar-refractivity contribution in [1.29, 1.82) is 0 Å². The highest BCUT2D eigenvalue weighted by molar-refractivity contribution is 7.11. The zero-order valence-corrected chi connectivity index (χ0v) is 13.0. The summed E-state index contributed by atoms with van der Waals surface area (Å²) in [4.78, 5) is 5.67. The summed E-state index contributed by atoms with van der Waals surface area (Å²) in [6, 6.07) is 19.5. The molecule has 0 radical (unpaired) electrons. The van der Waals surface area contributed by atoms with Crippen LogP contribution in [0.2, 0.25) is 0 Å². The number of nitrogens with zero attached hydrogens (tertiary/aromatic N) is 3. The van der Waals surface area contributed by atoms with Crippen LogP contribution in [0.5, 0.6) is 0 Å². The average molecular weight is 305 g/mol. The molecule has 0 bridgehead atoms. The molecule has 0 spiro atoms. The number of hydrogen-bond donors (Lipinski definition) is 0. The molecule has 3 aromatic rings. The lowest BCUT2D eigenvalue weighted by Gasteiger charge is -1.95. The molecule has 0 atom stereocenters. The van der Waals surface area contributed by atoms with Gasteiger partial charge in [-0.15, -0.1) is 11.3 Å². The van der Waals surface area contributed by atoms with Crippen molar-refractivity contribution >= 4 is 34.6 Å². The smallest absolute Gasteiger partial charge is 0.0858 e. The number of aryl methyl sites for hydroxylation is 1. The molecule has 0 aliphatic carbocycles. The molecule has 0 amide bonds. The molecule has 2 aromatic carbocycles. The minimum atomic E-state index is 0.815. The van der Waals surface area contributed by atoms with Crippen molar-refractivity contribution in [2.75, 3.05) is 0 Å². The van der Waals surface area contributed by atoms with Crippen molar-refractivity contribution in [3.63, 3.8) is 0 Å². The van der Waals surface area contributed by atoms with E-state index in [1.165, 1.54) is 10.4 Å². The van der Waals surface area contributed by atoms with E-state index >= 15 is 0 Å². The van der Waals surface area contributed by atoms with E-state index in [9.17, 15) is 0 Å². The quantitative estimate of drug-likeness (QED) is 0.405. The third-order valence-corrected chi connectivity index (χ3v) is 4.07. The van der Waals surface area contributed by atoms with Gasteiger partial charge in [0.05, 0.1) is 17.1 Å². The van der Waals surface area contributed by atoms with Crippen LogP contribution >= 0.6 is 11.3 Å². The van der Waals surface area contributed by atoms with Gasteiger partial charge in [0, 0.05) is 11.1 Å². The third-order valence-electron chi connectivity index (χ3n) is 3.12. The second kappa shape index (κ2) is 6.91. The Labute approximate surface area is 133 Å². The van der Waals surface area contributed by atoms with E-state index in [4.69, 9.17) is 0 Å². The summed E-state index contributed by atoms with van der Waals surface area (Å²) in [5.74, 6) is 0. The van der Waals surface area contributed by atoms with Crippen LogP contribution in [-0.4, -0.2) is 6.21 Å². The summed E-state index contributed by atoms with van der Waals surface area (Å²) < 4.78 is 0. The van der Waals surface area contributed by atoms with Crippen LogP contribution in [0.3, 0.4) is 0 Å². The molecular weight excluding hydrogens is 290 g/mol. The molecule has 0 saturated carbocycles. The minimum Gasteiger partial charge on any atom is -0.255 e. The first kappa shape index (κ1) is 14.4. The maximum absolute atomic E-state index is 4.48. The van der Waals surface area contributed by atoms with E-state index in [0.717, 1.165) is 17.1 Å². The van der Waals surface area contributed by atoms with Crippen LogP contribution in [0.25, 0.3) is 0 Å². The maximum atomic E-state index is 4.48. The van der Waals surface area contributed by atoms with Gasteiger partial charge in [-0.2, -0.15) is 10.2 Å². The first-order valence-corrected chi connectivity index (χ1v) is 7.84. The number of hydrogen-bond acceptors (Lipinski definition) is 4. The molecule has 1 aromatic heterocycles. The summed E-state index contributed by atoms with van der Waals surface area (Å²) >= 11 is 1.69. The van der Waals surface area contributed by atoms with Crippen LogP contribution < -0.4 is 0 Å². The Morgan fingerprint density at radius 1 is 0.773 bits per heavy atom. The van der Waals surface area contributed by atoms with Gasteiger partial charge in [0.25, 0.3) is 0 Å². The van der Waals surface area contributed by atoms with Crippen LogP contribution in [0, 0.1) is 6.92 Å². The molecule has 0 aliphatic heterocycles. The summed E-state index contributed by atoms with van der Waals surface area (Å²) in [7, 11) is 0. The standard InChI is InChI=1S/C18H15N3S/c1-14-11-12-22-18(14)13-19-15-7-9-17(10-8-15)21-20-16-5-3-2-4-6-16/h2-13H,1H3. The Kier molecular flexibility index (Phi) is 4.51. The zero-order valence-electron chi connectivity index (χ0n) is 12.2. The molecule has 0 saturated heterocycles. The minimum absolute atomic E-state index is 0.815. The Hall–Kier alpha value is -2.59. The monoisotopic (exact) mass is 305 g/mol. The highest BCUT2D eigenvalue weighted by atomic mass is 32.1. The lowest BCUT2D eigenvalue weighted by molar-refractivity contribution is 1.23. The van der Waals surface area contributed by atoms with Crippen LogP contribution in [0.15, 0.2) is 81.3 Å². The number of aliphatic imine (C=N–C) groups is 1. The number of rotatable bonds is 4. The molecule has 0 aliphatic rings. The number of benzene rings is 2. The molecule has 3 rings (SSSR count). The lowest BCUT2D eigenvalue weighted by atomic mass is 10.3. The summed E-state index contributed by atoms with van der Waals surface area (Å²) in [5.41, 5.74) is 3.82. The van der Waals surface area contributed by atoms with Gasteiger partial charge in [0.2, 0.25) is 0 Å². The van der Waals surface area contributed by atoms with E-state index < -0.39 is 0 Å². The Bertz CT molecular complexity index is 787. The van der Waals surface area contributed by atoms with E-state index in [0.29, 0.717) is 0 Å². The molecule has 1 heterocycles.